The lowest BCUT2D eigenvalue weighted by molar-refractivity contribution is -0.122. The number of piperidine rings is 1. The fourth-order valence-corrected chi connectivity index (χ4v) is 5.47. The van der Waals surface area contributed by atoms with Crippen LogP contribution in [0.4, 0.5) is 0 Å². The van der Waals surface area contributed by atoms with Crippen molar-refractivity contribution in [2.75, 3.05) is 19.6 Å². The van der Waals surface area contributed by atoms with Gasteiger partial charge in [-0.3, -0.25) is 9.59 Å². The van der Waals surface area contributed by atoms with Crippen molar-refractivity contribution in [1.29, 1.82) is 0 Å². The Bertz CT molecular complexity index is 914. The summed E-state index contributed by atoms with van der Waals surface area (Å²) in [4.78, 5) is 28.0. The Morgan fingerprint density at radius 2 is 1.93 bits per heavy atom. The summed E-state index contributed by atoms with van der Waals surface area (Å²) in [6.45, 7) is 2.20. The Balaban J connectivity index is 1.28. The number of carbonyl (C=O) groups excluding carboxylic acids is 2. The van der Waals surface area contributed by atoms with E-state index in [1.165, 1.54) is 24.2 Å². The van der Waals surface area contributed by atoms with Crippen molar-refractivity contribution >= 4 is 23.2 Å². The molecule has 30 heavy (non-hydrogen) atoms. The number of fused-ring (bicyclic) bond motifs is 1. The van der Waals surface area contributed by atoms with E-state index in [2.05, 4.69) is 11.4 Å². The number of ether oxygens (including phenoxy) is 1. The van der Waals surface area contributed by atoms with Crippen LogP contribution in [0.25, 0.3) is 0 Å². The highest BCUT2D eigenvalue weighted by Gasteiger charge is 2.44. The molecule has 1 spiro atoms. The molecular formula is C24H28N2O3S. The van der Waals surface area contributed by atoms with Gasteiger partial charge in [0.25, 0.3) is 5.91 Å². The molecule has 2 aliphatic heterocycles. The molecule has 1 N–H and O–H groups in total. The van der Waals surface area contributed by atoms with E-state index in [0.29, 0.717) is 25.4 Å². The minimum Gasteiger partial charge on any atom is -0.487 e. The van der Waals surface area contributed by atoms with Gasteiger partial charge in [-0.05, 0) is 48.3 Å². The number of hydrogen-bond acceptors (Lipinski definition) is 4. The second-order valence-electron chi connectivity index (χ2n) is 8.95. The maximum atomic E-state index is 12.7. The Kier molecular flexibility index (Phi) is 5.27. The van der Waals surface area contributed by atoms with Crippen LogP contribution in [0.15, 0.2) is 41.8 Å². The van der Waals surface area contributed by atoms with Crippen LogP contribution in [-0.2, 0) is 4.79 Å². The second-order valence-corrected chi connectivity index (χ2v) is 9.89. The van der Waals surface area contributed by atoms with Gasteiger partial charge in [0, 0.05) is 44.8 Å². The summed E-state index contributed by atoms with van der Waals surface area (Å²) in [5, 5.41) is 5.06. The largest absolute Gasteiger partial charge is 0.487 e. The van der Waals surface area contributed by atoms with Gasteiger partial charge in [0.2, 0.25) is 5.91 Å². The van der Waals surface area contributed by atoms with E-state index in [0.717, 1.165) is 42.0 Å². The van der Waals surface area contributed by atoms with Crippen LogP contribution in [0.3, 0.4) is 0 Å². The van der Waals surface area contributed by atoms with Crippen LogP contribution < -0.4 is 10.1 Å². The second kappa shape index (κ2) is 8.06. The number of amides is 2. The van der Waals surface area contributed by atoms with Gasteiger partial charge in [-0.2, -0.15) is 0 Å². The number of likely N-dealkylation sites (tertiary alicyclic amines) is 1. The molecule has 6 heteroatoms. The quantitative estimate of drug-likeness (QED) is 0.782. The fourth-order valence-electron chi connectivity index (χ4n) is 4.78. The fraction of sp³-hybridized carbons (Fsp3) is 0.500. The zero-order valence-corrected chi connectivity index (χ0v) is 18.0. The van der Waals surface area contributed by atoms with Crippen molar-refractivity contribution in [2.24, 2.45) is 5.92 Å². The molecule has 3 heterocycles. The van der Waals surface area contributed by atoms with Gasteiger partial charge in [-0.15, -0.1) is 11.3 Å². The molecule has 158 valence electrons. The number of nitrogens with zero attached hydrogens (tertiary/aromatic N) is 1. The first-order valence-corrected chi connectivity index (χ1v) is 11.9. The Labute approximate surface area is 181 Å². The molecule has 1 saturated carbocycles. The molecule has 5 nitrogen and oxygen atoms in total. The number of para-hydroxylation sites is 1. The van der Waals surface area contributed by atoms with Crippen molar-refractivity contribution in [3.05, 3.63) is 52.2 Å². The molecule has 0 bridgehead atoms. The van der Waals surface area contributed by atoms with Crippen molar-refractivity contribution in [2.45, 2.75) is 50.0 Å². The van der Waals surface area contributed by atoms with Crippen LogP contribution in [0, 0.1) is 5.92 Å². The molecule has 1 aliphatic carbocycles. The molecule has 0 radical (unpaired) electrons. The van der Waals surface area contributed by atoms with Gasteiger partial charge in [-0.1, -0.05) is 24.3 Å². The van der Waals surface area contributed by atoms with E-state index in [1.807, 2.05) is 40.6 Å². The average molecular weight is 425 g/mol. The van der Waals surface area contributed by atoms with E-state index in [1.54, 1.807) is 0 Å². The molecule has 1 aromatic carbocycles. The Hall–Kier alpha value is -2.34. The molecule has 5 rings (SSSR count). The Morgan fingerprint density at radius 1 is 1.13 bits per heavy atom. The van der Waals surface area contributed by atoms with E-state index in [9.17, 15) is 9.59 Å². The molecule has 2 amide bonds. The average Bonchev–Trinajstić information content (AvgIpc) is 3.43. The monoisotopic (exact) mass is 424 g/mol. The molecule has 1 saturated heterocycles. The first kappa shape index (κ1) is 19.6. The summed E-state index contributed by atoms with van der Waals surface area (Å²) in [6, 6.07) is 11.9. The number of hydrogen-bond donors (Lipinski definition) is 1. The highest BCUT2D eigenvalue weighted by Crippen LogP contribution is 2.46. The lowest BCUT2D eigenvalue weighted by atomic mass is 9.76. The minimum atomic E-state index is -0.290. The predicted octanol–water partition coefficient (Wildman–Crippen LogP) is 4.21. The first-order chi connectivity index (χ1) is 14.6. The van der Waals surface area contributed by atoms with Gasteiger partial charge >= 0.3 is 0 Å². The minimum absolute atomic E-state index is 0.118. The smallest absolute Gasteiger partial charge is 0.263 e. The highest BCUT2D eigenvalue weighted by atomic mass is 32.1. The van der Waals surface area contributed by atoms with Crippen LogP contribution in [-0.4, -0.2) is 41.9 Å². The third-order valence-electron chi connectivity index (χ3n) is 6.71. The third kappa shape index (κ3) is 4.10. The van der Waals surface area contributed by atoms with E-state index < -0.39 is 0 Å². The van der Waals surface area contributed by atoms with Gasteiger partial charge in [0.15, 0.2) is 0 Å². The van der Waals surface area contributed by atoms with Crippen LogP contribution in [0.2, 0.25) is 0 Å². The topological polar surface area (TPSA) is 58.6 Å². The van der Waals surface area contributed by atoms with E-state index in [4.69, 9.17) is 4.74 Å². The third-order valence-corrected chi connectivity index (χ3v) is 7.57. The van der Waals surface area contributed by atoms with Gasteiger partial charge in [0.1, 0.15) is 11.4 Å². The van der Waals surface area contributed by atoms with Crippen molar-refractivity contribution in [1.82, 2.24) is 10.2 Å². The lowest BCUT2D eigenvalue weighted by Crippen LogP contribution is -2.52. The number of carbonyl (C=O) groups is 2. The summed E-state index contributed by atoms with van der Waals surface area (Å²) in [5.74, 6) is 2.01. The highest BCUT2D eigenvalue weighted by molar-refractivity contribution is 7.12. The summed E-state index contributed by atoms with van der Waals surface area (Å²) in [7, 11) is 0. The normalized spacial score (nSPS) is 22.3. The van der Waals surface area contributed by atoms with Gasteiger partial charge in [0.05, 0.1) is 4.88 Å². The summed E-state index contributed by atoms with van der Waals surface area (Å²) < 4.78 is 6.53. The maximum Gasteiger partial charge on any atom is 0.263 e. The molecule has 1 unspecified atom stereocenters. The lowest BCUT2D eigenvalue weighted by Gasteiger charge is -2.46. The first-order valence-electron chi connectivity index (χ1n) is 11.0. The Morgan fingerprint density at radius 3 is 2.67 bits per heavy atom. The van der Waals surface area contributed by atoms with Crippen molar-refractivity contribution in [3.8, 4) is 5.75 Å². The molecular weight excluding hydrogens is 396 g/mol. The van der Waals surface area contributed by atoms with Gasteiger partial charge < -0.3 is 15.0 Å². The summed E-state index contributed by atoms with van der Waals surface area (Å²) in [5.41, 5.74) is 0.851. The summed E-state index contributed by atoms with van der Waals surface area (Å²) >= 11 is 1.49. The molecule has 1 aromatic heterocycles. The zero-order valence-electron chi connectivity index (χ0n) is 17.1. The SMILES string of the molecule is O=C(CC1CC2(CCN(C(=O)c3cccs3)CC2)Oc2ccccc21)NCC1CC1. The van der Waals surface area contributed by atoms with Crippen LogP contribution >= 0.6 is 11.3 Å². The summed E-state index contributed by atoms with van der Waals surface area (Å²) in [6.07, 6.45) is 5.43. The standard InChI is InChI=1S/C24H28N2O3S/c27-22(25-16-17-7-8-17)14-18-15-24(29-20-5-2-1-4-19(18)20)9-11-26(12-10-24)23(28)21-6-3-13-30-21/h1-6,13,17-18H,7-12,14-16H2,(H,25,27). The van der Waals surface area contributed by atoms with E-state index in [-0.39, 0.29) is 23.3 Å². The van der Waals surface area contributed by atoms with Crippen molar-refractivity contribution < 1.29 is 14.3 Å². The predicted molar refractivity (Wildman–Crippen MR) is 117 cm³/mol. The molecule has 2 fully saturated rings. The molecule has 3 aliphatic rings. The van der Waals surface area contributed by atoms with Gasteiger partial charge in [-0.25, -0.2) is 0 Å². The number of rotatable bonds is 5. The van der Waals surface area contributed by atoms with Crippen LogP contribution in [0.5, 0.6) is 5.75 Å². The van der Waals surface area contributed by atoms with E-state index >= 15 is 0 Å². The zero-order chi connectivity index (χ0) is 20.6. The maximum absolute atomic E-state index is 12.7. The molecule has 1 atom stereocenters. The van der Waals surface area contributed by atoms with Crippen LogP contribution in [0.1, 0.15) is 59.7 Å². The van der Waals surface area contributed by atoms with Crippen molar-refractivity contribution in [3.63, 3.8) is 0 Å². The number of nitrogens with one attached hydrogen (secondary N) is 1. The number of thiophene rings is 1. The number of benzene rings is 1. The molecule has 2 aromatic rings.